The van der Waals surface area contributed by atoms with Crippen LogP contribution in [0.3, 0.4) is 0 Å². The number of piperidine rings is 1. The van der Waals surface area contributed by atoms with E-state index in [0.29, 0.717) is 12.0 Å². The fourth-order valence-corrected chi connectivity index (χ4v) is 2.88. The highest BCUT2D eigenvalue weighted by Crippen LogP contribution is 2.19. The van der Waals surface area contributed by atoms with Crippen LogP contribution in [0.2, 0.25) is 0 Å². The number of hydrogen-bond donors (Lipinski definition) is 2. The van der Waals surface area contributed by atoms with Crippen molar-refractivity contribution in [2.75, 3.05) is 25.5 Å². The maximum absolute atomic E-state index is 14.2. The van der Waals surface area contributed by atoms with Gasteiger partial charge >= 0.3 is 0 Å². The Morgan fingerprint density at radius 1 is 1.33 bits per heavy atom. The summed E-state index contributed by atoms with van der Waals surface area (Å²) >= 11 is 0. The molecule has 0 atom stereocenters. The summed E-state index contributed by atoms with van der Waals surface area (Å²) in [6.45, 7) is 5.62. The summed E-state index contributed by atoms with van der Waals surface area (Å²) in [4.78, 5) is 26.0. The zero-order valence-electron chi connectivity index (χ0n) is 14.6. The van der Waals surface area contributed by atoms with Crippen molar-refractivity contribution < 1.29 is 14.0 Å². The van der Waals surface area contributed by atoms with Gasteiger partial charge in [0.15, 0.2) is 0 Å². The summed E-state index contributed by atoms with van der Waals surface area (Å²) < 4.78 is 14.2. The average Bonchev–Trinajstić information content (AvgIpc) is 2.55. The third kappa shape index (κ3) is 4.77. The van der Waals surface area contributed by atoms with E-state index in [9.17, 15) is 14.0 Å². The van der Waals surface area contributed by atoms with E-state index in [1.165, 1.54) is 12.1 Å². The Hall–Kier alpha value is -1.95. The van der Waals surface area contributed by atoms with E-state index in [1.807, 2.05) is 13.8 Å². The molecule has 2 N–H and O–H groups in total. The van der Waals surface area contributed by atoms with E-state index < -0.39 is 5.82 Å². The summed E-state index contributed by atoms with van der Waals surface area (Å²) in [5.41, 5.74) is 0.414. The normalized spacial score (nSPS) is 15.4. The molecule has 2 amide bonds. The quantitative estimate of drug-likeness (QED) is 0.869. The molecule has 6 heteroatoms. The maximum Gasteiger partial charge on any atom is 0.253 e. The molecule has 0 unspecified atom stereocenters. The standard InChI is InChI=1S/C18H26FN3O2/c1-12(2)10-17(23)21-16-5-4-13(11-15(16)19)18(24)22(3)14-6-8-20-9-7-14/h4-5,11-12,14,20H,6-10H2,1-3H3,(H,21,23). The smallest absolute Gasteiger partial charge is 0.253 e. The van der Waals surface area contributed by atoms with Crippen LogP contribution in [-0.4, -0.2) is 42.9 Å². The lowest BCUT2D eigenvalue weighted by Crippen LogP contribution is -2.44. The topological polar surface area (TPSA) is 61.4 Å². The molecule has 0 aromatic heterocycles. The lowest BCUT2D eigenvalue weighted by atomic mass is 10.0. The number of carbonyl (C=O) groups is 2. The second kappa shape index (κ2) is 8.24. The molecule has 1 aliphatic heterocycles. The molecule has 24 heavy (non-hydrogen) atoms. The minimum Gasteiger partial charge on any atom is -0.339 e. The number of nitrogens with one attached hydrogen (secondary N) is 2. The number of amides is 2. The van der Waals surface area contributed by atoms with Gasteiger partial charge in [-0.25, -0.2) is 4.39 Å². The molecule has 1 fully saturated rings. The van der Waals surface area contributed by atoms with Crippen molar-refractivity contribution in [2.24, 2.45) is 5.92 Å². The highest BCUT2D eigenvalue weighted by molar-refractivity contribution is 5.96. The zero-order valence-corrected chi connectivity index (χ0v) is 14.6. The molecule has 132 valence electrons. The fourth-order valence-electron chi connectivity index (χ4n) is 2.88. The minimum absolute atomic E-state index is 0.113. The second-order valence-electron chi connectivity index (χ2n) is 6.74. The number of rotatable bonds is 5. The lowest BCUT2D eigenvalue weighted by molar-refractivity contribution is -0.116. The van der Waals surface area contributed by atoms with E-state index in [2.05, 4.69) is 10.6 Å². The van der Waals surface area contributed by atoms with Crippen molar-refractivity contribution in [2.45, 2.75) is 39.2 Å². The SMILES string of the molecule is CC(C)CC(=O)Nc1ccc(C(=O)N(C)C2CCNCC2)cc1F. The van der Waals surface area contributed by atoms with Crippen LogP contribution in [0.1, 0.15) is 43.5 Å². The largest absolute Gasteiger partial charge is 0.339 e. The van der Waals surface area contributed by atoms with Gasteiger partial charge in [-0.05, 0) is 50.0 Å². The van der Waals surface area contributed by atoms with Crippen LogP contribution < -0.4 is 10.6 Å². The van der Waals surface area contributed by atoms with Gasteiger partial charge in [-0.1, -0.05) is 13.8 Å². The van der Waals surface area contributed by atoms with Crippen LogP contribution >= 0.6 is 0 Å². The molecular weight excluding hydrogens is 309 g/mol. The molecule has 1 heterocycles. The average molecular weight is 335 g/mol. The molecule has 1 aromatic carbocycles. The number of carbonyl (C=O) groups excluding carboxylic acids is 2. The Labute approximate surface area is 142 Å². The van der Waals surface area contributed by atoms with E-state index in [4.69, 9.17) is 0 Å². The van der Waals surface area contributed by atoms with E-state index in [-0.39, 0.29) is 29.5 Å². The number of hydrogen-bond acceptors (Lipinski definition) is 3. The Morgan fingerprint density at radius 3 is 2.58 bits per heavy atom. The molecule has 1 aliphatic rings. The van der Waals surface area contributed by atoms with Crippen molar-refractivity contribution in [3.63, 3.8) is 0 Å². The van der Waals surface area contributed by atoms with Crippen LogP contribution in [0.5, 0.6) is 0 Å². The van der Waals surface area contributed by atoms with Gasteiger partial charge in [0, 0.05) is 25.1 Å². The van der Waals surface area contributed by atoms with E-state index >= 15 is 0 Å². The van der Waals surface area contributed by atoms with Crippen LogP contribution in [0.4, 0.5) is 10.1 Å². The third-order valence-corrected chi connectivity index (χ3v) is 4.26. The molecule has 1 aromatic rings. The highest BCUT2D eigenvalue weighted by Gasteiger charge is 2.23. The zero-order chi connectivity index (χ0) is 17.7. The van der Waals surface area contributed by atoms with E-state index in [1.54, 1.807) is 18.0 Å². The van der Waals surface area contributed by atoms with Crippen LogP contribution in [0.15, 0.2) is 18.2 Å². The second-order valence-corrected chi connectivity index (χ2v) is 6.74. The first-order chi connectivity index (χ1) is 11.4. The molecule has 0 aliphatic carbocycles. The molecule has 0 bridgehead atoms. The lowest BCUT2D eigenvalue weighted by Gasteiger charge is -2.31. The molecule has 0 spiro atoms. The predicted octanol–water partition coefficient (Wildman–Crippen LogP) is 2.63. The van der Waals surface area contributed by atoms with Gasteiger partial charge in [-0.2, -0.15) is 0 Å². The summed E-state index contributed by atoms with van der Waals surface area (Å²) in [5.74, 6) is -0.806. The fraction of sp³-hybridized carbons (Fsp3) is 0.556. The first-order valence-corrected chi connectivity index (χ1v) is 8.45. The third-order valence-electron chi connectivity index (χ3n) is 4.26. The molecular formula is C18H26FN3O2. The molecule has 0 radical (unpaired) electrons. The summed E-state index contributed by atoms with van der Waals surface area (Å²) in [5, 5.41) is 5.81. The van der Waals surface area contributed by atoms with Gasteiger partial charge in [0.1, 0.15) is 5.82 Å². The number of halogens is 1. The Kier molecular flexibility index (Phi) is 6.31. The molecule has 0 saturated carbocycles. The van der Waals surface area contributed by atoms with Gasteiger partial charge in [-0.3, -0.25) is 9.59 Å². The summed E-state index contributed by atoms with van der Waals surface area (Å²) in [6, 6.07) is 4.39. The van der Waals surface area contributed by atoms with Crippen molar-refractivity contribution in [1.82, 2.24) is 10.2 Å². The Balaban J connectivity index is 2.05. The van der Waals surface area contributed by atoms with Gasteiger partial charge in [0.05, 0.1) is 5.69 Å². The monoisotopic (exact) mass is 335 g/mol. The highest BCUT2D eigenvalue weighted by atomic mass is 19.1. The van der Waals surface area contributed by atoms with Gasteiger partial charge in [0.2, 0.25) is 5.91 Å². The van der Waals surface area contributed by atoms with Crippen molar-refractivity contribution in [3.8, 4) is 0 Å². The van der Waals surface area contributed by atoms with Gasteiger partial charge < -0.3 is 15.5 Å². The summed E-state index contributed by atoms with van der Waals surface area (Å²) in [6.07, 6.45) is 2.13. The number of nitrogens with zero attached hydrogens (tertiary/aromatic N) is 1. The molecule has 1 saturated heterocycles. The Bertz CT molecular complexity index is 598. The number of benzene rings is 1. The number of anilines is 1. The van der Waals surface area contributed by atoms with Crippen molar-refractivity contribution in [1.29, 1.82) is 0 Å². The first-order valence-electron chi connectivity index (χ1n) is 8.45. The predicted molar refractivity (Wildman–Crippen MR) is 92.5 cm³/mol. The molecule has 2 rings (SSSR count). The molecule has 5 nitrogen and oxygen atoms in total. The van der Waals surface area contributed by atoms with Gasteiger partial charge in [0.25, 0.3) is 5.91 Å². The summed E-state index contributed by atoms with van der Waals surface area (Å²) in [7, 11) is 1.76. The van der Waals surface area contributed by atoms with Crippen molar-refractivity contribution in [3.05, 3.63) is 29.6 Å². The minimum atomic E-state index is -0.586. The first kappa shape index (κ1) is 18.4. The maximum atomic E-state index is 14.2. The van der Waals surface area contributed by atoms with Crippen LogP contribution in [-0.2, 0) is 4.79 Å². The van der Waals surface area contributed by atoms with Crippen molar-refractivity contribution >= 4 is 17.5 Å². The Morgan fingerprint density at radius 2 is 2.00 bits per heavy atom. The van der Waals surface area contributed by atoms with E-state index in [0.717, 1.165) is 25.9 Å². The van der Waals surface area contributed by atoms with Crippen LogP contribution in [0, 0.1) is 11.7 Å². The van der Waals surface area contributed by atoms with Gasteiger partial charge in [-0.15, -0.1) is 0 Å². The van der Waals surface area contributed by atoms with Crippen LogP contribution in [0.25, 0.3) is 0 Å².